The Bertz CT molecular complexity index is 898. The molecule has 1 atom stereocenters. The largest absolute Gasteiger partial charge is 0.469 e. The highest BCUT2D eigenvalue weighted by molar-refractivity contribution is 5.77. The third kappa shape index (κ3) is 3.37. The Morgan fingerprint density at radius 1 is 1.50 bits per heavy atom. The molecule has 0 bridgehead atoms. The van der Waals surface area contributed by atoms with Gasteiger partial charge in [-0.05, 0) is 30.2 Å². The van der Waals surface area contributed by atoms with Crippen LogP contribution in [0.2, 0.25) is 0 Å². The van der Waals surface area contributed by atoms with Crippen LogP contribution in [0.4, 0.5) is 0 Å². The van der Waals surface area contributed by atoms with Gasteiger partial charge in [0.05, 0.1) is 18.5 Å². The number of ether oxygens (including phenoxy) is 1. The lowest BCUT2D eigenvalue weighted by Gasteiger charge is -2.11. The van der Waals surface area contributed by atoms with Crippen molar-refractivity contribution in [3.05, 3.63) is 35.3 Å². The highest BCUT2D eigenvalue weighted by Crippen LogP contribution is 2.18. The van der Waals surface area contributed by atoms with Crippen molar-refractivity contribution >= 4 is 5.97 Å². The Morgan fingerprint density at radius 3 is 2.69 bits per heavy atom. The standard InChI is InChI=1S/C14H20O2/c1-10(2)9-12-5-7-13(8-6-12)11(3)14(15)16-4/h5-8,10-11H,9H2,1-4H3/i1D3,2D3,3D3,5D,6D,7D,8D,9D2,10D,11D. The van der Waals surface area contributed by atoms with Crippen LogP contribution in [0, 0.1) is 5.89 Å². The van der Waals surface area contributed by atoms with E-state index in [2.05, 4.69) is 4.74 Å². The normalized spacial score (nSPS) is 33.9. The predicted molar refractivity (Wildman–Crippen MR) is 65.4 cm³/mol. The van der Waals surface area contributed by atoms with Crippen molar-refractivity contribution in [3.63, 3.8) is 0 Å². The zero-order chi connectivity index (χ0) is 26.7. The van der Waals surface area contributed by atoms with E-state index < -0.39 is 80.0 Å². The van der Waals surface area contributed by atoms with Crippen molar-refractivity contribution in [2.24, 2.45) is 5.89 Å². The molecule has 1 aromatic carbocycles. The molecule has 0 aliphatic heterocycles. The molecule has 0 fully saturated rings. The molecule has 1 rings (SSSR count). The molecule has 16 heavy (non-hydrogen) atoms. The number of carbonyl (C=O) groups is 1. The molecule has 1 unspecified atom stereocenters. The van der Waals surface area contributed by atoms with Crippen LogP contribution in [0.3, 0.4) is 0 Å². The van der Waals surface area contributed by atoms with E-state index in [-0.39, 0.29) is 0 Å². The third-order valence-corrected chi connectivity index (χ3v) is 1.51. The number of carbonyl (C=O) groups excluding carboxylic acids is 1. The molecule has 0 saturated carbocycles. The number of methoxy groups -OCH3 is 1. The van der Waals surface area contributed by atoms with Crippen LogP contribution >= 0.6 is 0 Å². The SMILES string of the molecule is [2H]c1c([2H])c(C([2H])(C(=O)OC)C([2H])([2H])[2H])c([2H])c([2H])c1C([2H])([2H])C([2H])(C([2H])([2H])[2H])C([2H])([2H])[2H]. The maximum absolute atomic E-state index is 12.2. The molecule has 0 amide bonds. The van der Waals surface area contributed by atoms with E-state index in [9.17, 15) is 4.79 Å². The minimum atomic E-state index is -3.98. The highest BCUT2D eigenvalue weighted by atomic mass is 16.5. The molecule has 0 aliphatic rings. The summed E-state index contributed by atoms with van der Waals surface area (Å²) in [5, 5.41) is 0. The van der Waals surface area contributed by atoms with Crippen LogP contribution in [0.25, 0.3) is 0 Å². The van der Waals surface area contributed by atoms with Crippen molar-refractivity contribution in [2.75, 3.05) is 7.11 Å². The lowest BCUT2D eigenvalue weighted by Crippen LogP contribution is -2.10. The minimum Gasteiger partial charge on any atom is -0.469 e. The number of hydrogen-bond donors (Lipinski definition) is 0. The number of rotatable bonds is 4. The van der Waals surface area contributed by atoms with Crippen molar-refractivity contribution in [2.45, 2.75) is 32.8 Å². The summed E-state index contributed by atoms with van der Waals surface area (Å²) in [5.41, 5.74) is -2.77. The Kier molecular flexibility index (Phi) is 0.974. The summed E-state index contributed by atoms with van der Waals surface area (Å²) in [6.07, 6.45) is -3.88. The summed E-state index contributed by atoms with van der Waals surface area (Å²) < 4.78 is 137. The summed E-state index contributed by atoms with van der Waals surface area (Å²) in [6, 6.07) is -5.73. The summed E-state index contributed by atoms with van der Waals surface area (Å²) in [7, 11) is 0.710. The van der Waals surface area contributed by atoms with Crippen LogP contribution in [0.1, 0.15) is 60.9 Å². The Labute approximate surface area is 122 Å². The molecule has 2 heteroatoms. The molecule has 0 aliphatic carbocycles. The quantitative estimate of drug-likeness (QED) is 0.752. The van der Waals surface area contributed by atoms with Gasteiger partial charge in [0.25, 0.3) is 0 Å². The van der Waals surface area contributed by atoms with E-state index in [0.717, 1.165) is 0 Å². The van der Waals surface area contributed by atoms with Gasteiger partial charge < -0.3 is 4.74 Å². The fourth-order valence-electron chi connectivity index (χ4n) is 0.829. The molecule has 0 radical (unpaired) electrons. The van der Waals surface area contributed by atoms with Gasteiger partial charge in [-0.3, -0.25) is 4.79 Å². The second kappa shape index (κ2) is 5.69. The Morgan fingerprint density at radius 2 is 2.19 bits per heavy atom. The Balaban J connectivity index is 4.25. The number of hydrogen-bond acceptors (Lipinski definition) is 2. The second-order valence-electron chi connectivity index (χ2n) is 2.62. The van der Waals surface area contributed by atoms with Crippen molar-refractivity contribution in [3.8, 4) is 0 Å². The number of esters is 1. The van der Waals surface area contributed by atoms with Crippen molar-refractivity contribution in [1.29, 1.82) is 0 Å². The van der Waals surface area contributed by atoms with Crippen LogP contribution in [0.5, 0.6) is 0 Å². The van der Waals surface area contributed by atoms with E-state index in [1.165, 1.54) is 0 Å². The minimum absolute atomic E-state index is 0.710. The van der Waals surface area contributed by atoms with Gasteiger partial charge in [-0.2, -0.15) is 0 Å². The number of benzene rings is 1. The topological polar surface area (TPSA) is 26.3 Å². The van der Waals surface area contributed by atoms with Gasteiger partial charge in [-0.25, -0.2) is 0 Å². The lowest BCUT2D eigenvalue weighted by atomic mass is 9.97. The molecule has 88 valence electrons. The summed E-state index contributed by atoms with van der Waals surface area (Å²) in [5.74, 6) is -9.26. The van der Waals surface area contributed by atoms with E-state index in [0.29, 0.717) is 7.11 Å². The van der Waals surface area contributed by atoms with Gasteiger partial charge in [0, 0.05) is 17.8 Å². The van der Waals surface area contributed by atoms with Gasteiger partial charge in [-0.15, -0.1) is 0 Å². The van der Waals surface area contributed by atoms with Gasteiger partial charge in [0.1, 0.15) is 0 Å². The highest BCUT2D eigenvalue weighted by Gasteiger charge is 2.14. The molecule has 2 nitrogen and oxygen atoms in total. The molecule has 0 aromatic heterocycles. The first-order valence-corrected chi connectivity index (χ1v) is 4.07. The fourth-order valence-corrected chi connectivity index (χ4v) is 0.829. The van der Waals surface area contributed by atoms with Crippen LogP contribution < -0.4 is 0 Å². The van der Waals surface area contributed by atoms with E-state index in [1.807, 2.05) is 0 Å². The van der Waals surface area contributed by atoms with E-state index in [4.69, 9.17) is 23.3 Å². The second-order valence-corrected chi connectivity index (χ2v) is 2.62. The first-order valence-electron chi connectivity index (χ1n) is 12.6. The van der Waals surface area contributed by atoms with E-state index >= 15 is 0 Å². The van der Waals surface area contributed by atoms with E-state index in [1.54, 1.807) is 0 Å². The molecular weight excluding hydrogens is 200 g/mol. The molecule has 0 spiro atoms. The average Bonchev–Trinajstić information content (AvgIpc) is 2.61. The molecule has 1 aromatic rings. The third-order valence-electron chi connectivity index (χ3n) is 1.51. The fraction of sp³-hybridized carbons (Fsp3) is 0.500. The summed E-state index contributed by atoms with van der Waals surface area (Å²) in [6.45, 7) is -11.3. The smallest absolute Gasteiger partial charge is 0.312 e. The monoisotopic (exact) mass is 237 g/mol. The molecular formula is C14H20O2. The molecule has 0 saturated heterocycles. The first kappa shape index (κ1) is 2.74. The zero-order valence-electron chi connectivity index (χ0n) is 25.3. The van der Waals surface area contributed by atoms with Gasteiger partial charge >= 0.3 is 5.97 Å². The predicted octanol–water partition coefficient (Wildman–Crippen LogP) is 3.16. The van der Waals surface area contributed by atoms with Gasteiger partial charge in [0.2, 0.25) is 0 Å². The summed E-state index contributed by atoms with van der Waals surface area (Å²) >= 11 is 0. The van der Waals surface area contributed by atoms with Crippen molar-refractivity contribution < 1.29 is 32.8 Å². The maximum Gasteiger partial charge on any atom is 0.312 e. The van der Waals surface area contributed by atoms with Gasteiger partial charge in [0.15, 0.2) is 0 Å². The molecule has 0 heterocycles. The van der Waals surface area contributed by atoms with Gasteiger partial charge in [-0.1, -0.05) is 37.9 Å². The zero-order valence-corrected chi connectivity index (χ0v) is 8.32. The van der Waals surface area contributed by atoms with Crippen LogP contribution in [-0.2, 0) is 15.9 Å². The molecule has 0 N–H and O–H groups in total. The average molecular weight is 237 g/mol. The maximum atomic E-state index is 12.2. The first-order chi connectivity index (χ1) is 14.4. The van der Waals surface area contributed by atoms with Crippen LogP contribution in [-0.4, -0.2) is 13.1 Å². The van der Waals surface area contributed by atoms with Crippen molar-refractivity contribution in [1.82, 2.24) is 0 Å². The van der Waals surface area contributed by atoms with Crippen LogP contribution in [0.15, 0.2) is 24.2 Å². The summed E-state index contributed by atoms with van der Waals surface area (Å²) in [4.78, 5) is 12.2. The lowest BCUT2D eigenvalue weighted by molar-refractivity contribution is -0.141. The Hall–Kier alpha value is -1.31.